The maximum absolute atomic E-state index is 13.5. The minimum absolute atomic E-state index is 0.0555. The predicted molar refractivity (Wildman–Crippen MR) is 105 cm³/mol. The van der Waals surface area contributed by atoms with Crippen molar-refractivity contribution in [2.75, 3.05) is 13.2 Å². The van der Waals surface area contributed by atoms with Gasteiger partial charge in [0, 0.05) is 18.6 Å². The zero-order valence-corrected chi connectivity index (χ0v) is 16.1. The van der Waals surface area contributed by atoms with E-state index in [1.165, 1.54) is 36.8 Å². The lowest BCUT2D eigenvalue weighted by molar-refractivity contribution is -0.103. The van der Waals surface area contributed by atoms with Crippen LogP contribution in [0.2, 0.25) is 0 Å². The normalized spacial score (nSPS) is 25.0. The quantitative estimate of drug-likeness (QED) is 0.682. The summed E-state index contributed by atoms with van der Waals surface area (Å²) in [6.07, 6.45) is 8.09. The molecule has 2 aliphatic rings. The zero-order valence-electron chi connectivity index (χ0n) is 15.3. The van der Waals surface area contributed by atoms with Crippen LogP contribution in [0.15, 0.2) is 41.1 Å². The smallest absolute Gasteiger partial charge is 0.123 e. The van der Waals surface area contributed by atoms with Crippen molar-refractivity contribution in [3.05, 3.63) is 58.0 Å². The number of nitrogens with one attached hydrogen (secondary N) is 1. The van der Waals surface area contributed by atoms with Crippen LogP contribution in [0.5, 0.6) is 0 Å². The molecule has 0 bridgehead atoms. The Balaban J connectivity index is 1.50. The fraction of sp³-hybridized carbons (Fsp3) is 0.545. The molecule has 1 spiro atoms. The van der Waals surface area contributed by atoms with Gasteiger partial charge in [0.25, 0.3) is 0 Å². The van der Waals surface area contributed by atoms with Gasteiger partial charge in [0.05, 0.1) is 5.60 Å². The largest absolute Gasteiger partial charge is 0.375 e. The molecule has 1 aliphatic heterocycles. The molecule has 1 atom stereocenters. The molecule has 2 heterocycles. The van der Waals surface area contributed by atoms with Crippen molar-refractivity contribution in [3.8, 4) is 0 Å². The molecule has 0 unspecified atom stereocenters. The van der Waals surface area contributed by atoms with Crippen LogP contribution in [-0.4, -0.2) is 18.8 Å². The molecule has 1 saturated heterocycles. The van der Waals surface area contributed by atoms with E-state index in [2.05, 4.69) is 22.1 Å². The highest BCUT2D eigenvalue weighted by atomic mass is 32.1. The van der Waals surface area contributed by atoms with Crippen LogP contribution >= 0.6 is 11.3 Å². The van der Waals surface area contributed by atoms with E-state index >= 15 is 0 Å². The van der Waals surface area contributed by atoms with Crippen LogP contribution in [0.3, 0.4) is 0 Å². The highest BCUT2D eigenvalue weighted by Crippen LogP contribution is 2.50. The molecule has 1 aliphatic carbocycles. The Hall–Kier alpha value is -1.23. The second-order valence-electron chi connectivity index (χ2n) is 8.01. The first kappa shape index (κ1) is 18.1. The lowest BCUT2D eigenvalue weighted by Gasteiger charge is -2.47. The van der Waals surface area contributed by atoms with E-state index in [9.17, 15) is 4.39 Å². The van der Waals surface area contributed by atoms with E-state index in [0.29, 0.717) is 0 Å². The van der Waals surface area contributed by atoms with Gasteiger partial charge in [0.1, 0.15) is 5.82 Å². The molecule has 1 aromatic heterocycles. The summed E-state index contributed by atoms with van der Waals surface area (Å²) in [5.41, 5.74) is 2.79. The molecule has 140 valence electrons. The molecule has 1 N–H and O–H groups in total. The van der Waals surface area contributed by atoms with Crippen LogP contribution in [0, 0.1) is 5.82 Å². The lowest BCUT2D eigenvalue weighted by Crippen LogP contribution is -2.47. The van der Waals surface area contributed by atoms with E-state index in [0.717, 1.165) is 39.0 Å². The molecule has 2 aromatic rings. The van der Waals surface area contributed by atoms with Crippen molar-refractivity contribution in [3.63, 3.8) is 0 Å². The van der Waals surface area contributed by atoms with Gasteiger partial charge in [-0.3, -0.25) is 0 Å². The van der Waals surface area contributed by atoms with Gasteiger partial charge >= 0.3 is 0 Å². The summed E-state index contributed by atoms with van der Waals surface area (Å²) in [4.78, 5) is 0. The molecule has 1 saturated carbocycles. The van der Waals surface area contributed by atoms with Crippen LogP contribution in [0.25, 0.3) is 0 Å². The maximum Gasteiger partial charge on any atom is 0.123 e. The first-order valence-corrected chi connectivity index (χ1v) is 10.8. The van der Waals surface area contributed by atoms with Crippen molar-refractivity contribution in [1.29, 1.82) is 0 Å². The molecular weight excluding hydrogens is 345 g/mol. The predicted octanol–water partition coefficient (Wildman–Crippen LogP) is 5.43. The average Bonchev–Trinajstić information content (AvgIpc) is 3.32. The number of rotatable bonds is 6. The Bertz CT molecular complexity index is 693. The van der Waals surface area contributed by atoms with Gasteiger partial charge in [0.15, 0.2) is 0 Å². The summed E-state index contributed by atoms with van der Waals surface area (Å²) in [6.45, 7) is 2.72. The first-order valence-electron chi connectivity index (χ1n) is 9.82. The van der Waals surface area contributed by atoms with Crippen molar-refractivity contribution in [1.82, 2.24) is 5.32 Å². The standard InChI is InChI=1S/C22H28FNOS/c23-20-5-3-19(4-6-20)21(10-12-24-15-18-7-14-26-16-18)11-13-25-22(17-21)8-1-2-9-22/h3-7,14,16,24H,1-2,8-13,15,17H2/t21-/m1/s1. The fourth-order valence-corrected chi connectivity index (χ4v) is 5.59. The second kappa shape index (κ2) is 7.79. The van der Waals surface area contributed by atoms with Crippen LogP contribution in [-0.2, 0) is 16.7 Å². The van der Waals surface area contributed by atoms with E-state index in [1.807, 2.05) is 12.1 Å². The third kappa shape index (κ3) is 3.88. The molecule has 2 nitrogen and oxygen atoms in total. The average molecular weight is 374 g/mol. The van der Waals surface area contributed by atoms with Gasteiger partial charge in [0.2, 0.25) is 0 Å². The van der Waals surface area contributed by atoms with Crippen molar-refractivity contribution in [2.45, 2.75) is 62.5 Å². The molecule has 0 radical (unpaired) electrons. The molecule has 4 heteroatoms. The Kier molecular flexibility index (Phi) is 5.44. The molecule has 2 fully saturated rings. The maximum atomic E-state index is 13.5. The van der Waals surface area contributed by atoms with Gasteiger partial charge < -0.3 is 10.1 Å². The minimum Gasteiger partial charge on any atom is -0.375 e. The van der Waals surface area contributed by atoms with E-state index in [4.69, 9.17) is 4.74 Å². The number of ether oxygens (including phenoxy) is 1. The Labute approximate surface area is 159 Å². The SMILES string of the molecule is Fc1ccc([C@]2(CCNCc3ccsc3)CCOC3(CCCC3)C2)cc1. The second-order valence-corrected chi connectivity index (χ2v) is 8.79. The topological polar surface area (TPSA) is 21.3 Å². The fourth-order valence-electron chi connectivity index (χ4n) is 4.92. The highest BCUT2D eigenvalue weighted by Gasteiger charge is 2.47. The summed E-state index contributed by atoms with van der Waals surface area (Å²) in [7, 11) is 0. The van der Waals surface area contributed by atoms with Gasteiger partial charge in [-0.25, -0.2) is 4.39 Å². The highest BCUT2D eigenvalue weighted by molar-refractivity contribution is 7.07. The number of hydrogen-bond acceptors (Lipinski definition) is 3. The summed E-state index contributed by atoms with van der Waals surface area (Å²) < 4.78 is 19.8. The van der Waals surface area contributed by atoms with Gasteiger partial charge in [-0.1, -0.05) is 25.0 Å². The van der Waals surface area contributed by atoms with Gasteiger partial charge in [-0.05, 0) is 78.7 Å². The van der Waals surface area contributed by atoms with Crippen molar-refractivity contribution < 1.29 is 9.13 Å². The summed E-state index contributed by atoms with van der Waals surface area (Å²) >= 11 is 1.74. The van der Waals surface area contributed by atoms with Crippen LogP contribution < -0.4 is 5.32 Å². The summed E-state index contributed by atoms with van der Waals surface area (Å²) in [6, 6.07) is 9.42. The molecule has 1 aromatic carbocycles. The van der Waals surface area contributed by atoms with Crippen molar-refractivity contribution >= 4 is 11.3 Å². The van der Waals surface area contributed by atoms with Crippen LogP contribution in [0.1, 0.15) is 56.1 Å². The Morgan fingerprint density at radius 3 is 2.62 bits per heavy atom. The van der Waals surface area contributed by atoms with E-state index in [-0.39, 0.29) is 16.8 Å². The van der Waals surface area contributed by atoms with E-state index < -0.39 is 0 Å². The monoisotopic (exact) mass is 373 g/mol. The summed E-state index contributed by atoms with van der Waals surface area (Å²) in [5.74, 6) is -0.151. The lowest BCUT2D eigenvalue weighted by atomic mass is 9.66. The Morgan fingerprint density at radius 1 is 1.08 bits per heavy atom. The number of hydrogen-bond donors (Lipinski definition) is 1. The van der Waals surface area contributed by atoms with Gasteiger partial charge in [-0.15, -0.1) is 0 Å². The minimum atomic E-state index is -0.151. The Morgan fingerprint density at radius 2 is 1.88 bits per heavy atom. The molecule has 0 amide bonds. The molecule has 4 rings (SSSR count). The van der Waals surface area contributed by atoms with Gasteiger partial charge in [-0.2, -0.15) is 11.3 Å². The number of halogens is 1. The molecular formula is C22H28FNOS. The van der Waals surface area contributed by atoms with E-state index in [1.54, 1.807) is 23.5 Å². The van der Waals surface area contributed by atoms with Crippen LogP contribution in [0.4, 0.5) is 4.39 Å². The summed E-state index contributed by atoms with van der Waals surface area (Å²) in [5, 5.41) is 7.94. The zero-order chi connectivity index (χ0) is 17.9. The third-order valence-electron chi connectivity index (χ3n) is 6.31. The number of thiophene rings is 1. The third-order valence-corrected chi connectivity index (χ3v) is 7.04. The molecule has 26 heavy (non-hydrogen) atoms. The van der Waals surface area contributed by atoms with Crippen molar-refractivity contribution in [2.24, 2.45) is 0 Å². The number of benzene rings is 1. The first-order chi connectivity index (χ1) is 12.7.